The van der Waals surface area contributed by atoms with Gasteiger partial charge in [-0.05, 0) is 31.1 Å². The molecule has 0 amide bonds. The Labute approximate surface area is 154 Å². The molecule has 2 aliphatic heterocycles. The van der Waals surface area contributed by atoms with E-state index < -0.39 is 0 Å². The van der Waals surface area contributed by atoms with E-state index in [-0.39, 0.29) is 12.0 Å². The number of ether oxygens (including phenoxy) is 1. The molecule has 2 aromatic rings. The minimum absolute atomic E-state index is 0.127. The second-order valence-corrected chi connectivity index (χ2v) is 7.64. The SMILES string of the molecule is Oc1c(C=C2C=NN=C2c2ccccc2)sc(=S)n1CC1CCCO1. The molecule has 1 saturated heterocycles. The fraction of sp³-hybridized carbons (Fsp3) is 0.278. The zero-order chi connectivity index (χ0) is 17.2. The van der Waals surface area contributed by atoms with Crippen molar-refractivity contribution < 1.29 is 9.84 Å². The minimum atomic E-state index is 0.127. The highest BCUT2D eigenvalue weighted by molar-refractivity contribution is 7.73. The molecular formula is C18H17N3O2S2. The maximum atomic E-state index is 10.6. The Morgan fingerprint density at radius 3 is 2.96 bits per heavy atom. The molecule has 0 bridgehead atoms. The van der Waals surface area contributed by atoms with Crippen LogP contribution in [0.15, 0.2) is 46.1 Å². The quantitative estimate of drug-likeness (QED) is 0.826. The zero-order valence-corrected chi connectivity index (χ0v) is 15.1. The highest BCUT2D eigenvalue weighted by atomic mass is 32.1. The average molecular weight is 371 g/mol. The molecule has 7 heteroatoms. The first-order valence-electron chi connectivity index (χ1n) is 8.15. The van der Waals surface area contributed by atoms with Crippen LogP contribution in [0.25, 0.3) is 6.08 Å². The molecule has 0 spiro atoms. The lowest BCUT2D eigenvalue weighted by atomic mass is 10.0. The molecule has 128 valence electrons. The molecule has 0 saturated carbocycles. The van der Waals surface area contributed by atoms with Gasteiger partial charge in [-0.25, -0.2) is 0 Å². The second-order valence-electron chi connectivity index (χ2n) is 5.96. The van der Waals surface area contributed by atoms with Gasteiger partial charge in [0.1, 0.15) is 5.71 Å². The van der Waals surface area contributed by atoms with Crippen LogP contribution in [-0.4, -0.2) is 34.3 Å². The van der Waals surface area contributed by atoms with Gasteiger partial charge in [0.15, 0.2) is 3.95 Å². The van der Waals surface area contributed by atoms with Crippen LogP contribution < -0.4 is 0 Å². The van der Waals surface area contributed by atoms with E-state index in [0.29, 0.717) is 10.5 Å². The average Bonchev–Trinajstić information content (AvgIpc) is 3.35. The van der Waals surface area contributed by atoms with Crippen LogP contribution in [0, 0.1) is 3.95 Å². The molecule has 1 atom stereocenters. The summed E-state index contributed by atoms with van der Waals surface area (Å²) in [4.78, 5) is 0.718. The highest BCUT2D eigenvalue weighted by Gasteiger charge is 2.21. The first kappa shape index (κ1) is 16.4. The summed E-state index contributed by atoms with van der Waals surface area (Å²) in [5, 5.41) is 18.8. The lowest BCUT2D eigenvalue weighted by Gasteiger charge is -2.11. The van der Waals surface area contributed by atoms with Crippen molar-refractivity contribution in [3.8, 4) is 5.88 Å². The van der Waals surface area contributed by atoms with Gasteiger partial charge in [-0.3, -0.25) is 4.57 Å². The number of hydrogen-bond acceptors (Lipinski definition) is 6. The van der Waals surface area contributed by atoms with Gasteiger partial charge in [-0.1, -0.05) is 30.3 Å². The Kier molecular flexibility index (Phi) is 4.61. The van der Waals surface area contributed by atoms with Gasteiger partial charge >= 0.3 is 0 Å². The number of aromatic hydroxyl groups is 1. The van der Waals surface area contributed by atoms with Crippen molar-refractivity contribution in [2.24, 2.45) is 10.2 Å². The van der Waals surface area contributed by atoms with Crippen LogP contribution >= 0.6 is 23.6 Å². The van der Waals surface area contributed by atoms with E-state index in [9.17, 15) is 5.11 Å². The van der Waals surface area contributed by atoms with Crippen molar-refractivity contribution in [2.75, 3.05) is 6.61 Å². The van der Waals surface area contributed by atoms with E-state index in [4.69, 9.17) is 17.0 Å². The summed E-state index contributed by atoms with van der Waals surface area (Å²) in [5.41, 5.74) is 2.65. The fourth-order valence-electron chi connectivity index (χ4n) is 3.00. The maximum Gasteiger partial charge on any atom is 0.210 e. The highest BCUT2D eigenvalue weighted by Crippen LogP contribution is 2.31. The summed E-state index contributed by atoms with van der Waals surface area (Å²) in [6.07, 6.45) is 5.79. The van der Waals surface area contributed by atoms with Crippen molar-refractivity contribution in [2.45, 2.75) is 25.5 Å². The smallest absolute Gasteiger partial charge is 0.210 e. The third kappa shape index (κ3) is 3.35. The monoisotopic (exact) mass is 371 g/mol. The zero-order valence-electron chi connectivity index (χ0n) is 13.5. The summed E-state index contributed by atoms with van der Waals surface area (Å²) in [5.74, 6) is 0.186. The van der Waals surface area contributed by atoms with E-state index in [2.05, 4.69) is 10.2 Å². The molecule has 1 aromatic heterocycles. The predicted octanol–water partition coefficient (Wildman–Crippen LogP) is 4.04. The summed E-state index contributed by atoms with van der Waals surface area (Å²) in [6, 6.07) is 9.88. The number of rotatable bonds is 4. The Balaban J connectivity index is 1.64. The van der Waals surface area contributed by atoms with Crippen LogP contribution in [0.1, 0.15) is 23.3 Å². The molecule has 0 aliphatic carbocycles. The summed E-state index contributed by atoms with van der Waals surface area (Å²) in [6.45, 7) is 1.38. The van der Waals surface area contributed by atoms with E-state index in [0.717, 1.165) is 41.2 Å². The van der Waals surface area contributed by atoms with Gasteiger partial charge in [0.05, 0.1) is 23.7 Å². The molecule has 1 aromatic carbocycles. The van der Waals surface area contributed by atoms with Gasteiger partial charge in [0.2, 0.25) is 5.88 Å². The standard InChI is InChI=1S/C18H17N3O2S2/c22-17-15(25-18(24)21(17)11-14-7-4-8-23-14)9-13-10-19-20-16(13)12-5-2-1-3-6-12/h1-3,5-6,9-10,14,22H,4,7-8,11H2. The van der Waals surface area contributed by atoms with Crippen molar-refractivity contribution in [1.82, 2.24) is 4.57 Å². The van der Waals surface area contributed by atoms with E-state index in [1.165, 1.54) is 11.3 Å². The predicted molar refractivity (Wildman–Crippen MR) is 103 cm³/mol. The first-order chi connectivity index (χ1) is 12.2. The van der Waals surface area contributed by atoms with Gasteiger partial charge in [-0.2, -0.15) is 5.10 Å². The van der Waals surface area contributed by atoms with Crippen molar-refractivity contribution in [3.05, 3.63) is 50.3 Å². The molecule has 1 N–H and O–H groups in total. The topological polar surface area (TPSA) is 59.1 Å². The largest absolute Gasteiger partial charge is 0.493 e. The molecule has 3 heterocycles. The van der Waals surface area contributed by atoms with Crippen molar-refractivity contribution in [3.63, 3.8) is 0 Å². The third-order valence-corrected chi connectivity index (χ3v) is 5.65. The number of thiazole rings is 1. The van der Waals surface area contributed by atoms with Crippen LogP contribution in [0.4, 0.5) is 0 Å². The Bertz CT molecular complexity index is 920. The normalized spacial score (nSPS) is 21.2. The number of benzene rings is 1. The van der Waals surface area contributed by atoms with E-state index in [1.54, 1.807) is 10.8 Å². The number of aromatic nitrogens is 1. The van der Waals surface area contributed by atoms with Crippen LogP contribution in [0.2, 0.25) is 0 Å². The van der Waals surface area contributed by atoms with Crippen LogP contribution in [-0.2, 0) is 11.3 Å². The summed E-state index contributed by atoms with van der Waals surface area (Å²) >= 11 is 6.82. The lowest BCUT2D eigenvalue weighted by molar-refractivity contribution is 0.0948. The van der Waals surface area contributed by atoms with Gasteiger partial charge in [0.25, 0.3) is 0 Å². The molecule has 0 radical (unpaired) electrons. The summed E-state index contributed by atoms with van der Waals surface area (Å²) in [7, 11) is 0. The molecule has 4 rings (SSSR count). The fourth-order valence-corrected chi connectivity index (χ4v) is 4.27. The molecule has 25 heavy (non-hydrogen) atoms. The third-order valence-electron chi connectivity index (χ3n) is 4.27. The van der Waals surface area contributed by atoms with Crippen LogP contribution in [0.5, 0.6) is 5.88 Å². The van der Waals surface area contributed by atoms with Gasteiger partial charge < -0.3 is 9.84 Å². The maximum absolute atomic E-state index is 10.6. The van der Waals surface area contributed by atoms with Crippen molar-refractivity contribution in [1.29, 1.82) is 0 Å². The van der Waals surface area contributed by atoms with Gasteiger partial charge in [-0.15, -0.1) is 16.4 Å². The molecule has 5 nitrogen and oxygen atoms in total. The van der Waals surface area contributed by atoms with Crippen molar-refractivity contribution >= 4 is 41.6 Å². The second kappa shape index (κ2) is 7.03. The Morgan fingerprint density at radius 1 is 1.36 bits per heavy atom. The molecule has 1 unspecified atom stereocenters. The van der Waals surface area contributed by atoms with E-state index >= 15 is 0 Å². The summed E-state index contributed by atoms with van der Waals surface area (Å²) < 4.78 is 8.06. The Hall–Kier alpha value is -2.09. The molecule has 2 aliphatic rings. The minimum Gasteiger partial charge on any atom is -0.493 e. The number of hydrogen-bond donors (Lipinski definition) is 1. The van der Waals surface area contributed by atoms with Crippen LogP contribution in [0.3, 0.4) is 0 Å². The Morgan fingerprint density at radius 2 is 2.20 bits per heavy atom. The number of nitrogens with zero attached hydrogens (tertiary/aromatic N) is 3. The van der Waals surface area contributed by atoms with E-state index in [1.807, 2.05) is 36.4 Å². The first-order valence-corrected chi connectivity index (χ1v) is 9.37. The molecule has 1 fully saturated rings. The lowest BCUT2D eigenvalue weighted by Crippen LogP contribution is -2.14. The molecular weight excluding hydrogens is 354 g/mol. The van der Waals surface area contributed by atoms with Gasteiger partial charge in [0, 0.05) is 17.7 Å². The number of allylic oxidation sites excluding steroid dienone is 1.